The van der Waals surface area contributed by atoms with Crippen LogP contribution in [0.1, 0.15) is 33.1 Å². The average Bonchev–Trinajstić information content (AvgIpc) is 2.30. The Morgan fingerprint density at radius 3 is 2.53 bits per heavy atom. The number of nitrogens with one attached hydrogen (secondary N) is 1. The number of methoxy groups -OCH3 is 1. The average molecular weight is 242 g/mol. The predicted molar refractivity (Wildman–Crippen MR) is 68.9 cm³/mol. The van der Waals surface area contributed by atoms with E-state index in [4.69, 9.17) is 4.74 Å². The van der Waals surface area contributed by atoms with Gasteiger partial charge in [-0.2, -0.15) is 0 Å². The Balaban J connectivity index is 2.35. The normalized spacial score (nSPS) is 18.1. The molecule has 0 aromatic rings. The molecule has 0 spiro atoms. The van der Waals surface area contributed by atoms with Crippen LogP contribution in [-0.2, 0) is 9.53 Å². The zero-order valence-electron chi connectivity index (χ0n) is 11.6. The number of carbonyl (C=O) groups excluding carboxylic acids is 1. The smallest absolute Gasteiger partial charge is 0.225 e. The highest BCUT2D eigenvalue weighted by Gasteiger charge is 2.24. The lowest BCUT2D eigenvalue weighted by molar-refractivity contribution is -0.135. The maximum absolute atomic E-state index is 12.0. The standard InChI is InChI=1S/C13H26N2O2/c1-13(2,17-4)9-12(16)15(3)10-11-5-7-14-8-6-11/h11,14H,5-10H2,1-4H3. The maximum Gasteiger partial charge on any atom is 0.225 e. The van der Waals surface area contributed by atoms with Crippen LogP contribution in [0.3, 0.4) is 0 Å². The lowest BCUT2D eigenvalue weighted by atomic mass is 9.97. The molecule has 0 bridgehead atoms. The van der Waals surface area contributed by atoms with Crippen LogP contribution >= 0.6 is 0 Å². The molecule has 0 aromatic carbocycles. The third kappa shape index (κ3) is 5.04. The Bertz CT molecular complexity index is 248. The molecule has 1 heterocycles. The van der Waals surface area contributed by atoms with Gasteiger partial charge >= 0.3 is 0 Å². The first-order valence-electron chi connectivity index (χ1n) is 6.44. The number of piperidine rings is 1. The number of hydrogen-bond acceptors (Lipinski definition) is 3. The molecule has 1 fully saturated rings. The minimum Gasteiger partial charge on any atom is -0.378 e. The Morgan fingerprint density at radius 2 is 2.00 bits per heavy atom. The lowest BCUT2D eigenvalue weighted by Crippen LogP contribution is -2.40. The van der Waals surface area contributed by atoms with Gasteiger partial charge in [0, 0.05) is 20.7 Å². The summed E-state index contributed by atoms with van der Waals surface area (Å²) in [5, 5.41) is 3.34. The van der Waals surface area contributed by atoms with Crippen molar-refractivity contribution in [3.8, 4) is 0 Å². The predicted octanol–water partition coefficient (Wildman–Crippen LogP) is 1.26. The van der Waals surface area contributed by atoms with E-state index in [0.29, 0.717) is 12.3 Å². The third-order valence-corrected chi connectivity index (χ3v) is 3.55. The second-order valence-corrected chi connectivity index (χ2v) is 5.61. The summed E-state index contributed by atoms with van der Waals surface area (Å²) in [7, 11) is 3.55. The van der Waals surface area contributed by atoms with Crippen LogP contribution in [0.5, 0.6) is 0 Å². The number of rotatable bonds is 5. The fraction of sp³-hybridized carbons (Fsp3) is 0.923. The highest BCUT2D eigenvalue weighted by Crippen LogP contribution is 2.17. The van der Waals surface area contributed by atoms with Gasteiger partial charge in [0.05, 0.1) is 12.0 Å². The minimum atomic E-state index is -0.362. The number of amides is 1. The van der Waals surface area contributed by atoms with Crippen LogP contribution in [0.2, 0.25) is 0 Å². The molecule has 1 aliphatic heterocycles. The summed E-state index contributed by atoms with van der Waals surface area (Å²) in [4.78, 5) is 13.9. The highest BCUT2D eigenvalue weighted by atomic mass is 16.5. The summed E-state index contributed by atoms with van der Waals surface area (Å²) in [6.07, 6.45) is 2.79. The molecule has 100 valence electrons. The molecule has 0 atom stereocenters. The summed E-state index contributed by atoms with van der Waals surface area (Å²) in [5.74, 6) is 0.825. The Morgan fingerprint density at radius 1 is 1.41 bits per heavy atom. The van der Waals surface area contributed by atoms with Crippen LogP contribution in [0.4, 0.5) is 0 Å². The fourth-order valence-electron chi connectivity index (χ4n) is 2.12. The summed E-state index contributed by atoms with van der Waals surface area (Å²) < 4.78 is 5.29. The summed E-state index contributed by atoms with van der Waals surface area (Å²) >= 11 is 0. The second kappa shape index (κ2) is 6.36. The molecule has 0 saturated carbocycles. The number of nitrogens with zero attached hydrogens (tertiary/aromatic N) is 1. The minimum absolute atomic E-state index is 0.176. The molecule has 1 N–H and O–H groups in total. The number of hydrogen-bond donors (Lipinski definition) is 1. The van der Waals surface area contributed by atoms with E-state index in [1.54, 1.807) is 7.11 Å². The Hall–Kier alpha value is -0.610. The van der Waals surface area contributed by atoms with Crippen LogP contribution in [0, 0.1) is 5.92 Å². The molecule has 0 aromatic heterocycles. The van der Waals surface area contributed by atoms with Gasteiger partial charge in [-0.3, -0.25) is 4.79 Å². The Kier molecular flexibility index (Phi) is 5.40. The van der Waals surface area contributed by atoms with Gasteiger partial charge in [-0.25, -0.2) is 0 Å². The molecule has 0 radical (unpaired) electrons. The van der Waals surface area contributed by atoms with E-state index in [-0.39, 0.29) is 11.5 Å². The van der Waals surface area contributed by atoms with Crippen molar-refractivity contribution in [3.63, 3.8) is 0 Å². The van der Waals surface area contributed by atoms with Crippen LogP contribution in [0.15, 0.2) is 0 Å². The number of carbonyl (C=O) groups is 1. The van der Waals surface area contributed by atoms with E-state index >= 15 is 0 Å². The van der Waals surface area contributed by atoms with Crippen molar-refractivity contribution < 1.29 is 9.53 Å². The first kappa shape index (κ1) is 14.5. The molecule has 17 heavy (non-hydrogen) atoms. The van der Waals surface area contributed by atoms with E-state index < -0.39 is 0 Å². The van der Waals surface area contributed by atoms with E-state index in [1.165, 1.54) is 12.8 Å². The first-order valence-corrected chi connectivity index (χ1v) is 6.44. The molecule has 1 amide bonds. The lowest BCUT2D eigenvalue weighted by Gasteiger charge is -2.30. The quantitative estimate of drug-likeness (QED) is 0.789. The zero-order chi connectivity index (χ0) is 12.9. The van der Waals surface area contributed by atoms with Crippen LogP contribution in [-0.4, -0.2) is 50.2 Å². The van der Waals surface area contributed by atoms with Gasteiger partial charge in [0.1, 0.15) is 0 Å². The van der Waals surface area contributed by atoms with Gasteiger partial charge in [0.15, 0.2) is 0 Å². The zero-order valence-corrected chi connectivity index (χ0v) is 11.6. The molecule has 1 rings (SSSR count). The largest absolute Gasteiger partial charge is 0.378 e. The van der Waals surface area contributed by atoms with Crippen molar-refractivity contribution >= 4 is 5.91 Å². The molecular formula is C13H26N2O2. The molecule has 0 unspecified atom stereocenters. The maximum atomic E-state index is 12.0. The van der Waals surface area contributed by atoms with Gasteiger partial charge in [0.25, 0.3) is 0 Å². The van der Waals surface area contributed by atoms with Crippen LogP contribution < -0.4 is 5.32 Å². The molecule has 4 heteroatoms. The van der Waals surface area contributed by atoms with Crippen molar-refractivity contribution in [1.29, 1.82) is 0 Å². The summed E-state index contributed by atoms with van der Waals surface area (Å²) in [6, 6.07) is 0. The summed E-state index contributed by atoms with van der Waals surface area (Å²) in [6.45, 7) is 6.93. The number of ether oxygens (including phenoxy) is 1. The van der Waals surface area contributed by atoms with Crippen LogP contribution in [0.25, 0.3) is 0 Å². The van der Waals surface area contributed by atoms with Gasteiger partial charge in [-0.15, -0.1) is 0 Å². The molecule has 1 saturated heterocycles. The van der Waals surface area contributed by atoms with E-state index in [2.05, 4.69) is 5.32 Å². The van der Waals surface area contributed by atoms with Crippen molar-refractivity contribution in [2.24, 2.45) is 5.92 Å². The summed E-state index contributed by atoms with van der Waals surface area (Å²) in [5.41, 5.74) is -0.362. The van der Waals surface area contributed by atoms with Gasteiger partial charge in [-0.05, 0) is 45.7 Å². The third-order valence-electron chi connectivity index (χ3n) is 3.55. The molecule has 1 aliphatic rings. The Labute approximate surface area is 105 Å². The second-order valence-electron chi connectivity index (χ2n) is 5.61. The van der Waals surface area contributed by atoms with E-state index in [1.807, 2.05) is 25.8 Å². The molecule has 4 nitrogen and oxygen atoms in total. The van der Waals surface area contributed by atoms with Crippen molar-refractivity contribution in [2.45, 2.75) is 38.7 Å². The molecule has 0 aliphatic carbocycles. The van der Waals surface area contributed by atoms with Gasteiger partial charge < -0.3 is 15.0 Å². The van der Waals surface area contributed by atoms with Gasteiger partial charge in [0.2, 0.25) is 5.91 Å². The first-order chi connectivity index (χ1) is 7.94. The van der Waals surface area contributed by atoms with E-state index in [9.17, 15) is 4.79 Å². The molecular weight excluding hydrogens is 216 g/mol. The van der Waals surface area contributed by atoms with E-state index in [0.717, 1.165) is 19.6 Å². The monoisotopic (exact) mass is 242 g/mol. The van der Waals surface area contributed by atoms with Crippen molar-refractivity contribution in [3.05, 3.63) is 0 Å². The van der Waals surface area contributed by atoms with Gasteiger partial charge in [-0.1, -0.05) is 0 Å². The van der Waals surface area contributed by atoms with Crippen molar-refractivity contribution in [2.75, 3.05) is 33.8 Å². The van der Waals surface area contributed by atoms with Crippen molar-refractivity contribution in [1.82, 2.24) is 10.2 Å². The SMILES string of the molecule is COC(C)(C)CC(=O)N(C)CC1CCNCC1. The highest BCUT2D eigenvalue weighted by molar-refractivity contribution is 5.76. The topological polar surface area (TPSA) is 41.6 Å². The fourth-order valence-corrected chi connectivity index (χ4v) is 2.12.